The predicted octanol–water partition coefficient (Wildman–Crippen LogP) is 1.46. The van der Waals surface area contributed by atoms with Gasteiger partial charge in [0.15, 0.2) is 12.0 Å². The van der Waals surface area contributed by atoms with E-state index in [-0.39, 0.29) is 6.61 Å². The van der Waals surface area contributed by atoms with Gasteiger partial charge in [-0.3, -0.25) is 9.59 Å². The molecule has 7 nitrogen and oxygen atoms in total. The number of benzene rings is 1. The van der Waals surface area contributed by atoms with Gasteiger partial charge in [-0.25, -0.2) is 4.98 Å². The average molecular weight is 278 g/mol. The van der Waals surface area contributed by atoms with Gasteiger partial charge in [-0.05, 0) is 6.07 Å². The van der Waals surface area contributed by atoms with Crippen molar-refractivity contribution >= 4 is 23.3 Å². The molecule has 1 aromatic heterocycles. The van der Waals surface area contributed by atoms with Crippen molar-refractivity contribution in [3.8, 4) is 11.5 Å². The van der Waals surface area contributed by atoms with Crippen LogP contribution in [-0.4, -0.2) is 36.4 Å². The van der Waals surface area contributed by atoms with E-state index in [2.05, 4.69) is 9.97 Å². The largest absolute Gasteiger partial charge is 0.494 e. The van der Waals surface area contributed by atoms with Crippen LogP contribution in [0.2, 0.25) is 0 Å². The van der Waals surface area contributed by atoms with Crippen LogP contribution in [0.3, 0.4) is 0 Å². The summed E-state index contributed by atoms with van der Waals surface area (Å²) in [5, 5.41) is 0. The molecule has 1 heterocycles. The molecule has 0 fully saturated rings. The van der Waals surface area contributed by atoms with E-state index in [0.29, 0.717) is 40.2 Å². The van der Waals surface area contributed by atoms with Crippen LogP contribution in [0, 0.1) is 0 Å². The Morgan fingerprint density at radius 3 is 2.70 bits per heavy atom. The van der Waals surface area contributed by atoms with Gasteiger partial charge in [-0.1, -0.05) is 0 Å². The molecule has 2 aromatic rings. The van der Waals surface area contributed by atoms with Crippen molar-refractivity contribution in [1.29, 1.82) is 0 Å². The molecule has 7 heteroatoms. The van der Waals surface area contributed by atoms with Gasteiger partial charge < -0.3 is 19.2 Å². The molecule has 1 N–H and O–H groups in total. The van der Waals surface area contributed by atoms with Crippen LogP contribution in [0.5, 0.6) is 11.5 Å². The van der Waals surface area contributed by atoms with Gasteiger partial charge in [0.1, 0.15) is 29.2 Å². The van der Waals surface area contributed by atoms with Crippen molar-refractivity contribution in [2.45, 2.75) is 13.5 Å². The standard InChI is InChI=1S/C13H14N2O5/c1-7(17)20-6-10-14-11-9(18-2)4-8(5-16)13(19-3)12(11)15-10/h4-5H,6H2,1-3H3,(H,14,15). The first-order valence-electron chi connectivity index (χ1n) is 5.82. The lowest BCUT2D eigenvalue weighted by Gasteiger charge is -2.07. The summed E-state index contributed by atoms with van der Waals surface area (Å²) in [6.07, 6.45) is 0.674. The van der Waals surface area contributed by atoms with Crippen molar-refractivity contribution in [2.75, 3.05) is 14.2 Å². The first kappa shape index (κ1) is 13.9. The number of nitrogens with zero attached hydrogens (tertiary/aromatic N) is 1. The lowest BCUT2D eigenvalue weighted by Crippen LogP contribution is -2.00. The summed E-state index contributed by atoms with van der Waals surface area (Å²) < 4.78 is 15.3. The molecule has 0 spiro atoms. The first-order chi connectivity index (χ1) is 9.60. The number of carbonyl (C=O) groups excluding carboxylic acids is 2. The minimum atomic E-state index is -0.405. The Hall–Kier alpha value is -2.57. The lowest BCUT2D eigenvalue weighted by molar-refractivity contribution is -0.142. The van der Waals surface area contributed by atoms with Crippen molar-refractivity contribution in [2.24, 2.45) is 0 Å². The molecule has 0 unspecified atom stereocenters. The first-order valence-corrected chi connectivity index (χ1v) is 5.82. The number of carbonyl (C=O) groups is 2. The Morgan fingerprint density at radius 1 is 1.40 bits per heavy atom. The number of imidazole rings is 1. The molecule has 0 bridgehead atoms. The second-order valence-electron chi connectivity index (χ2n) is 4.01. The summed E-state index contributed by atoms with van der Waals surface area (Å²) in [5.74, 6) is 0.846. The van der Waals surface area contributed by atoms with E-state index in [1.807, 2.05) is 0 Å². The van der Waals surface area contributed by atoms with Crippen LogP contribution in [0.25, 0.3) is 11.0 Å². The van der Waals surface area contributed by atoms with E-state index < -0.39 is 5.97 Å². The monoisotopic (exact) mass is 278 g/mol. The summed E-state index contributed by atoms with van der Waals surface area (Å²) in [6, 6.07) is 1.55. The summed E-state index contributed by atoms with van der Waals surface area (Å²) >= 11 is 0. The van der Waals surface area contributed by atoms with Gasteiger partial charge in [-0.2, -0.15) is 0 Å². The zero-order valence-electron chi connectivity index (χ0n) is 11.4. The highest BCUT2D eigenvalue weighted by Crippen LogP contribution is 2.34. The Labute approximate surface area is 114 Å². The van der Waals surface area contributed by atoms with Crippen molar-refractivity contribution in [3.05, 3.63) is 17.5 Å². The number of hydrogen-bond acceptors (Lipinski definition) is 6. The number of aromatic amines is 1. The minimum absolute atomic E-state index is 0.00669. The van der Waals surface area contributed by atoms with Crippen LogP contribution in [-0.2, 0) is 16.1 Å². The maximum atomic E-state index is 11.1. The second-order valence-corrected chi connectivity index (χ2v) is 4.01. The van der Waals surface area contributed by atoms with Gasteiger partial charge >= 0.3 is 5.97 Å². The van der Waals surface area contributed by atoms with Gasteiger partial charge in [0.25, 0.3) is 0 Å². The fraction of sp³-hybridized carbons (Fsp3) is 0.308. The van der Waals surface area contributed by atoms with Gasteiger partial charge in [0, 0.05) is 6.92 Å². The normalized spacial score (nSPS) is 10.3. The number of H-pyrrole nitrogens is 1. The SMILES string of the molecule is COc1cc(C=O)c(OC)c2[nH]c(COC(C)=O)nc12. The summed E-state index contributed by atoms with van der Waals surface area (Å²) in [5.41, 5.74) is 1.38. The second kappa shape index (κ2) is 5.60. The van der Waals surface area contributed by atoms with Crippen molar-refractivity contribution in [3.63, 3.8) is 0 Å². The fourth-order valence-corrected chi connectivity index (χ4v) is 1.89. The zero-order valence-corrected chi connectivity index (χ0v) is 11.4. The highest BCUT2D eigenvalue weighted by molar-refractivity contribution is 5.96. The third kappa shape index (κ3) is 2.42. The number of esters is 1. The molecule has 0 atom stereocenters. The molecule has 0 aliphatic heterocycles. The summed E-state index contributed by atoms with van der Waals surface area (Å²) in [4.78, 5) is 29.2. The summed E-state index contributed by atoms with van der Waals surface area (Å²) in [7, 11) is 2.94. The van der Waals surface area contributed by atoms with Gasteiger partial charge in [-0.15, -0.1) is 0 Å². The van der Waals surface area contributed by atoms with E-state index in [1.165, 1.54) is 21.1 Å². The van der Waals surface area contributed by atoms with Crippen LogP contribution in [0.15, 0.2) is 6.07 Å². The quantitative estimate of drug-likeness (QED) is 0.657. The number of aldehydes is 1. The van der Waals surface area contributed by atoms with Crippen LogP contribution < -0.4 is 9.47 Å². The number of methoxy groups -OCH3 is 2. The van der Waals surface area contributed by atoms with Crippen molar-refractivity contribution in [1.82, 2.24) is 9.97 Å². The highest BCUT2D eigenvalue weighted by atomic mass is 16.5. The van der Waals surface area contributed by atoms with E-state index >= 15 is 0 Å². The van der Waals surface area contributed by atoms with E-state index in [9.17, 15) is 9.59 Å². The van der Waals surface area contributed by atoms with Crippen LogP contribution in [0.4, 0.5) is 0 Å². The summed E-state index contributed by atoms with van der Waals surface area (Å²) in [6.45, 7) is 1.32. The molecule has 0 aliphatic rings. The van der Waals surface area contributed by atoms with Crippen LogP contribution in [0.1, 0.15) is 23.1 Å². The number of aromatic nitrogens is 2. The Bertz CT molecular complexity index is 662. The molecule has 1 aromatic carbocycles. The lowest BCUT2D eigenvalue weighted by atomic mass is 10.1. The molecular formula is C13H14N2O5. The minimum Gasteiger partial charge on any atom is -0.494 e. The smallest absolute Gasteiger partial charge is 0.303 e. The predicted molar refractivity (Wildman–Crippen MR) is 70.1 cm³/mol. The molecule has 0 radical (unpaired) electrons. The third-order valence-electron chi connectivity index (χ3n) is 2.73. The average Bonchev–Trinajstić information content (AvgIpc) is 2.86. The molecular weight excluding hydrogens is 264 g/mol. The van der Waals surface area contributed by atoms with Crippen molar-refractivity contribution < 1.29 is 23.8 Å². The maximum Gasteiger partial charge on any atom is 0.303 e. The Balaban J connectivity index is 2.57. The third-order valence-corrected chi connectivity index (χ3v) is 2.73. The molecule has 0 aliphatic carbocycles. The maximum absolute atomic E-state index is 11.1. The van der Waals surface area contributed by atoms with Crippen LogP contribution >= 0.6 is 0 Å². The number of hydrogen-bond donors (Lipinski definition) is 1. The molecule has 2 rings (SSSR count). The zero-order chi connectivity index (χ0) is 14.7. The van der Waals surface area contributed by atoms with E-state index in [1.54, 1.807) is 6.07 Å². The number of ether oxygens (including phenoxy) is 3. The number of nitrogens with one attached hydrogen (secondary N) is 1. The Kier molecular flexibility index (Phi) is 3.88. The van der Waals surface area contributed by atoms with E-state index in [4.69, 9.17) is 14.2 Å². The Morgan fingerprint density at radius 2 is 2.15 bits per heavy atom. The molecule has 0 saturated heterocycles. The highest BCUT2D eigenvalue weighted by Gasteiger charge is 2.17. The van der Waals surface area contributed by atoms with Gasteiger partial charge in [0.2, 0.25) is 0 Å². The molecule has 0 saturated carbocycles. The molecule has 106 valence electrons. The molecule has 0 amide bonds. The van der Waals surface area contributed by atoms with E-state index in [0.717, 1.165) is 0 Å². The number of fused-ring (bicyclic) bond motifs is 1. The molecule has 20 heavy (non-hydrogen) atoms. The van der Waals surface area contributed by atoms with Gasteiger partial charge in [0.05, 0.1) is 19.8 Å². The topological polar surface area (TPSA) is 90.5 Å². The fourth-order valence-electron chi connectivity index (χ4n) is 1.89. The number of rotatable bonds is 5.